The quantitative estimate of drug-likeness (QED) is 0.514. The summed E-state index contributed by atoms with van der Waals surface area (Å²) >= 11 is 0. The molecular formula is C9H20N2O2. The summed E-state index contributed by atoms with van der Waals surface area (Å²) in [6.07, 6.45) is 1.85. The molecule has 0 unspecified atom stereocenters. The summed E-state index contributed by atoms with van der Waals surface area (Å²) in [5.41, 5.74) is 5.11. The summed E-state index contributed by atoms with van der Waals surface area (Å²) in [6, 6.07) is 0. The number of rotatable bonds is 6. The highest BCUT2D eigenvalue weighted by Gasteiger charge is 2.29. The predicted octanol–water partition coefficient (Wildman–Crippen LogP) is 0.00250. The van der Waals surface area contributed by atoms with Gasteiger partial charge < -0.3 is 16.2 Å². The van der Waals surface area contributed by atoms with Gasteiger partial charge in [0, 0.05) is 13.2 Å². The molecule has 0 aromatic rings. The molecule has 4 heteroatoms. The molecule has 4 nitrogen and oxygen atoms in total. The number of nitrogens with one attached hydrogen (secondary N) is 1. The second-order valence-corrected chi connectivity index (χ2v) is 3.20. The Morgan fingerprint density at radius 3 is 2.38 bits per heavy atom. The zero-order valence-electron chi connectivity index (χ0n) is 8.47. The van der Waals surface area contributed by atoms with Crippen LogP contribution in [-0.2, 0) is 4.79 Å². The lowest BCUT2D eigenvalue weighted by atomic mass is 9.93. The van der Waals surface area contributed by atoms with Crippen LogP contribution in [0.4, 0.5) is 0 Å². The number of nitrogens with two attached hydrogens (primary N) is 1. The Hall–Kier alpha value is -0.610. The maximum atomic E-state index is 11.5. The molecule has 0 aromatic carbocycles. The molecule has 78 valence electrons. The normalized spacial score (nSPS) is 11.4. The van der Waals surface area contributed by atoms with Crippen LogP contribution in [0, 0.1) is 0 Å². The lowest BCUT2D eigenvalue weighted by Gasteiger charge is -2.25. The van der Waals surface area contributed by atoms with Crippen LogP contribution in [0.5, 0.6) is 0 Å². The van der Waals surface area contributed by atoms with Crippen LogP contribution in [0.25, 0.3) is 0 Å². The number of carbonyl (C=O) groups is 1. The highest BCUT2D eigenvalue weighted by Crippen LogP contribution is 2.10. The third-order valence-corrected chi connectivity index (χ3v) is 2.33. The molecule has 0 atom stereocenters. The Labute approximate surface area is 79.5 Å². The van der Waals surface area contributed by atoms with Gasteiger partial charge in [-0.25, -0.2) is 0 Å². The fraction of sp³-hybridized carbons (Fsp3) is 0.889. The molecule has 0 heterocycles. The average Bonchev–Trinajstić information content (AvgIpc) is 2.17. The molecule has 0 saturated heterocycles. The Kier molecular flexibility index (Phi) is 5.66. The molecule has 0 saturated carbocycles. The maximum Gasteiger partial charge on any atom is 0.240 e. The third-order valence-electron chi connectivity index (χ3n) is 2.33. The van der Waals surface area contributed by atoms with Crippen molar-refractivity contribution in [1.29, 1.82) is 0 Å². The SMILES string of the molecule is CCC(N)(CC)C(=O)NCCCO. The van der Waals surface area contributed by atoms with Crippen LogP contribution in [-0.4, -0.2) is 29.7 Å². The minimum Gasteiger partial charge on any atom is -0.396 e. The standard InChI is InChI=1S/C9H20N2O2/c1-3-9(10,4-2)8(13)11-6-5-7-12/h12H,3-7,10H2,1-2H3,(H,11,13). The second kappa shape index (κ2) is 5.94. The van der Waals surface area contributed by atoms with E-state index in [9.17, 15) is 4.79 Å². The van der Waals surface area contributed by atoms with E-state index < -0.39 is 5.54 Å². The van der Waals surface area contributed by atoms with Crippen LogP contribution in [0.1, 0.15) is 33.1 Å². The summed E-state index contributed by atoms with van der Waals surface area (Å²) in [5, 5.41) is 11.2. The van der Waals surface area contributed by atoms with Crippen LogP contribution in [0.3, 0.4) is 0 Å². The first-order valence-corrected chi connectivity index (χ1v) is 4.78. The van der Waals surface area contributed by atoms with Crippen molar-refractivity contribution in [3.05, 3.63) is 0 Å². The summed E-state index contributed by atoms with van der Waals surface area (Å²) in [7, 11) is 0. The van der Waals surface area contributed by atoms with Crippen LogP contribution in [0.2, 0.25) is 0 Å². The second-order valence-electron chi connectivity index (χ2n) is 3.20. The smallest absolute Gasteiger partial charge is 0.240 e. The fourth-order valence-corrected chi connectivity index (χ4v) is 1.03. The van der Waals surface area contributed by atoms with E-state index in [1.807, 2.05) is 13.8 Å². The van der Waals surface area contributed by atoms with E-state index in [0.29, 0.717) is 25.8 Å². The molecule has 0 spiro atoms. The van der Waals surface area contributed by atoms with Crippen LogP contribution in [0.15, 0.2) is 0 Å². The molecule has 0 bridgehead atoms. The number of aliphatic hydroxyl groups is 1. The molecule has 4 N–H and O–H groups in total. The molecule has 0 aromatic heterocycles. The Morgan fingerprint density at radius 1 is 1.46 bits per heavy atom. The van der Waals surface area contributed by atoms with Gasteiger partial charge in [0.2, 0.25) is 5.91 Å². The zero-order valence-corrected chi connectivity index (χ0v) is 8.47. The van der Waals surface area contributed by atoms with Crippen molar-refractivity contribution in [2.75, 3.05) is 13.2 Å². The highest BCUT2D eigenvalue weighted by molar-refractivity contribution is 5.85. The number of carbonyl (C=O) groups excluding carboxylic acids is 1. The first-order chi connectivity index (χ1) is 6.10. The van der Waals surface area contributed by atoms with Gasteiger partial charge >= 0.3 is 0 Å². The summed E-state index contributed by atoms with van der Waals surface area (Å²) in [4.78, 5) is 11.5. The van der Waals surface area contributed by atoms with Gasteiger partial charge in [0.05, 0.1) is 5.54 Å². The van der Waals surface area contributed by atoms with Crippen molar-refractivity contribution in [1.82, 2.24) is 5.32 Å². The number of amides is 1. The van der Waals surface area contributed by atoms with Crippen molar-refractivity contribution < 1.29 is 9.90 Å². The molecular weight excluding hydrogens is 168 g/mol. The van der Waals surface area contributed by atoms with E-state index in [1.54, 1.807) is 0 Å². The van der Waals surface area contributed by atoms with E-state index >= 15 is 0 Å². The minimum atomic E-state index is -0.741. The van der Waals surface area contributed by atoms with Crippen LogP contribution < -0.4 is 11.1 Å². The Bertz CT molecular complexity index is 156. The van der Waals surface area contributed by atoms with Gasteiger partial charge in [0.1, 0.15) is 0 Å². The summed E-state index contributed by atoms with van der Waals surface area (Å²) in [6.45, 7) is 4.38. The molecule has 0 aliphatic carbocycles. The Morgan fingerprint density at radius 2 is 2.00 bits per heavy atom. The molecule has 13 heavy (non-hydrogen) atoms. The van der Waals surface area contributed by atoms with Crippen molar-refractivity contribution in [3.63, 3.8) is 0 Å². The number of hydrogen-bond donors (Lipinski definition) is 3. The Balaban J connectivity index is 3.92. The van der Waals surface area contributed by atoms with Gasteiger partial charge in [0.25, 0.3) is 0 Å². The van der Waals surface area contributed by atoms with E-state index in [4.69, 9.17) is 10.8 Å². The summed E-state index contributed by atoms with van der Waals surface area (Å²) < 4.78 is 0. The monoisotopic (exact) mass is 188 g/mol. The van der Waals surface area contributed by atoms with E-state index in [1.165, 1.54) is 0 Å². The number of hydrogen-bond acceptors (Lipinski definition) is 3. The molecule has 0 aliphatic rings. The maximum absolute atomic E-state index is 11.5. The molecule has 0 fully saturated rings. The fourth-order valence-electron chi connectivity index (χ4n) is 1.03. The molecule has 0 rings (SSSR count). The predicted molar refractivity (Wildman–Crippen MR) is 52.2 cm³/mol. The van der Waals surface area contributed by atoms with Gasteiger partial charge in [-0.15, -0.1) is 0 Å². The van der Waals surface area contributed by atoms with E-state index in [0.717, 1.165) is 0 Å². The zero-order chi connectivity index (χ0) is 10.3. The average molecular weight is 188 g/mol. The van der Waals surface area contributed by atoms with Gasteiger partial charge in [0.15, 0.2) is 0 Å². The van der Waals surface area contributed by atoms with Crippen molar-refractivity contribution in [2.24, 2.45) is 5.73 Å². The summed E-state index contributed by atoms with van der Waals surface area (Å²) in [5.74, 6) is -0.119. The first kappa shape index (κ1) is 12.4. The molecule has 0 radical (unpaired) electrons. The van der Waals surface area contributed by atoms with Gasteiger partial charge in [-0.2, -0.15) is 0 Å². The minimum absolute atomic E-state index is 0.0934. The van der Waals surface area contributed by atoms with Crippen molar-refractivity contribution in [2.45, 2.75) is 38.6 Å². The number of aliphatic hydroxyl groups excluding tert-OH is 1. The first-order valence-electron chi connectivity index (χ1n) is 4.78. The van der Waals surface area contributed by atoms with Gasteiger partial charge in [-0.1, -0.05) is 13.8 Å². The topological polar surface area (TPSA) is 75.4 Å². The largest absolute Gasteiger partial charge is 0.396 e. The van der Waals surface area contributed by atoms with Crippen LogP contribution >= 0.6 is 0 Å². The third kappa shape index (κ3) is 3.74. The lowest BCUT2D eigenvalue weighted by molar-refractivity contribution is -0.126. The van der Waals surface area contributed by atoms with E-state index in [2.05, 4.69) is 5.32 Å². The van der Waals surface area contributed by atoms with Crippen molar-refractivity contribution in [3.8, 4) is 0 Å². The highest BCUT2D eigenvalue weighted by atomic mass is 16.3. The lowest BCUT2D eigenvalue weighted by Crippen LogP contribution is -2.53. The molecule has 0 aliphatic heterocycles. The van der Waals surface area contributed by atoms with Crippen molar-refractivity contribution >= 4 is 5.91 Å². The van der Waals surface area contributed by atoms with E-state index in [-0.39, 0.29) is 12.5 Å². The van der Waals surface area contributed by atoms with Gasteiger partial charge in [-0.3, -0.25) is 4.79 Å². The van der Waals surface area contributed by atoms with Gasteiger partial charge in [-0.05, 0) is 19.3 Å². The molecule has 1 amide bonds.